The third-order valence-corrected chi connectivity index (χ3v) is 6.55. The number of hydrogen-bond donors (Lipinski definition) is 0. The second-order valence-corrected chi connectivity index (χ2v) is 9.61. The number of nitrogens with zero attached hydrogens (tertiary/aromatic N) is 1. The van der Waals surface area contributed by atoms with Crippen LogP contribution in [0.25, 0.3) is 0 Å². The summed E-state index contributed by atoms with van der Waals surface area (Å²) in [6.45, 7) is 4.69. The van der Waals surface area contributed by atoms with E-state index in [0.717, 1.165) is 29.5 Å². The lowest BCUT2D eigenvalue weighted by atomic mass is 9.82. The van der Waals surface area contributed by atoms with Crippen LogP contribution in [0, 0.1) is 11.3 Å². The first kappa shape index (κ1) is 25.8. The van der Waals surface area contributed by atoms with E-state index in [4.69, 9.17) is 25.8 Å². The molecule has 0 aromatic heterocycles. The van der Waals surface area contributed by atoms with Crippen LogP contribution in [-0.2, 0) is 20.7 Å². The molecular weight excluding hydrogens is 474 g/mol. The highest BCUT2D eigenvalue weighted by atomic mass is 35.5. The number of carbonyl (C=O) groups is 1. The highest BCUT2D eigenvalue weighted by Gasteiger charge is 2.26. The van der Waals surface area contributed by atoms with E-state index < -0.39 is 12.2 Å². The summed E-state index contributed by atoms with van der Waals surface area (Å²) < 4.78 is 17.1. The lowest BCUT2D eigenvalue weighted by Crippen LogP contribution is -2.26. The van der Waals surface area contributed by atoms with E-state index in [1.54, 1.807) is 6.07 Å². The van der Waals surface area contributed by atoms with Crippen LogP contribution in [0.4, 0.5) is 0 Å². The Bertz CT molecular complexity index is 1230. The fourth-order valence-electron chi connectivity index (χ4n) is 4.62. The lowest BCUT2D eigenvalue weighted by Gasteiger charge is -2.24. The Labute approximate surface area is 217 Å². The Morgan fingerprint density at radius 2 is 1.83 bits per heavy atom. The molecule has 5 nitrogen and oxygen atoms in total. The number of para-hydroxylation sites is 1. The van der Waals surface area contributed by atoms with E-state index >= 15 is 0 Å². The van der Waals surface area contributed by atoms with Crippen LogP contribution < -0.4 is 4.74 Å². The van der Waals surface area contributed by atoms with Crippen molar-refractivity contribution in [3.8, 4) is 17.6 Å². The Morgan fingerprint density at radius 1 is 1.06 bits per heavy atom. The standard InChI is InChI=1S/C30H30ClNO4/c1-20(2)29-22(18-27(33)36-28-13-6-7-16-34-28)14-15-26(31)30(29)25(19-32)21-9-8-12-24(17-21)35-23-10-4-3-5-11-23/h3-5,8-12,14-15,17,20,25,28H,6-7,13,16,18H2,1-2H3. The molecule has 1 aliphatic rings. The van der Waals surface area contributed by atoms with Crippen molar-refractivity contribution in [2.45, 2.75) is 57.7 Å². The monoisotopic (exact) mass is 503 g/mol. The lowest BCUT2D eigenvalue weighted by molar-refractivity contribution is -0.185. The van der Waals surface area contributed by atoms with Gasteiger partial charge in [-0.05, 0) is 71.3 Å². The quantitative estimate of drug-likeness (QED) is 0.297. The summed E-state index contributed by atoms with van der Waals surface area (Å²) >= 11 is 6.71. The number of benzene rings is 3. The van der Waals surface area contributed by atoms with Gasteiger partial charge in [-0.2, -0.15) is 5.26 Å². The molecule has 3 aromatic rings. The van der Waals surface area contributed by atoms with Gasteiger partial charge in [0.2, 0.25) is 6.29 Å². The van der Waals surface area contributed by atoms with Gasteiger partial charge in [0.15, 0.2) is 0 Å². The highest BCUT2D eigenvalue weighted by molar-refractivity contribution is 6.31. The number of hydrogen-bond acceptors (Lipinski definition) is 5. The molecule has 1 fully saturated rings. The molecular formula is C30H30ClNO4. The van der Waals surface area contributed by atoms with Crippen molar-refractivity contribution < 1.29 is 19.0 Å². The summed E-state index contributed by atoms with van der Waals surface area (Å²) in [5.74, 6) is 0.405. The average molecular weight is 504 g/mol. The summed E-state index contributed by atoms with van der Waals surface area (Å²) in [4.78, 5) is 12.8. The van der Waals surface area contributed by atoms with Gasteiger partial charge in [0.1, 0.15) is 11.5 Å². The van der Waals surface area contributed by atoms with E-state index in [-0.39, 0.29) is 18.3 Å². The van der Waals surface area contributed by atoms with E-state index in [1.807, 2.05) is 74.5 Å². The summed E-state index contributed by atoms with van der Waals surface area (Å²) in [7, 11) is 0. The third-order valence-electron chi connectivity index (χ3n) is 6.23. The molecule has 0 saturated carbocycles. The van der Waals surface area contributed by atoms with Gasteiger partial charge in [-0.25, -0.2) is 0 Å². The van der Waals surface area contributed by atoms with Crippen molar-refractivity contribution in [1.29, 1.82) is 5.26 Å². The van der Waals surface area contributed by atoms with Gasteiger partial charge in [-0.15, -0.1) is 0 Å². The zero-order valence-electron chi connectivity index (χ0n) is 20.6. The summed E-state index contributed by atoms with van der Waals surface area (Å²) in [5, 5.41) is 10.8. The molecule has 1 saturated heterocycles. The number of halogens is 1. The Kier molecular flexibility index (Phi) is 8.64. The van der Waals surface area contributed by atoms with Crippen molar-refractivity contribution in [3.63, 3.8) is 0 Å². The van der Waals surface area contributed by atoms with Crippen molar-refractivity contribution >= 4 is 17.6 Å². The Balaban J connectivity index is 1.64. The fraction of sp³-hybridized carbons (Fsp3) is 0.333. The number of esters is 1. The van der Waals surface area contributed by atoms with Crippen LogP contribution in [0.1, 0.15) is 67.2 Å². The maximum Gasteiger partial charge on any atom is 0.312 e. The first-order chi connectivity index (χ1) is 17.5. The minimum absolute atomic E-state index is 0.0343. The van der Waals surface area contributed by atoms with E-state index in [1.165, 1.54) is 0 Å². The molecule has 1 aliphatic heterocycles. The van der Waals surface area contributed by atoms with E-state index in [2.05, 4.69) is 6.07 Å². The highest BCUT2D eigenvalue weighted by Crippen LogP contribution is 2.39. The van der Waals surface area contributed by atoms with Gasteiger partial charge in [0.25, 0.3) is 0 Å². The molecule has 2 unspecified atom stereocenters. The minimum Gasteiger partial charge on any atom is -0.457 e. The topological polar surface area (TPSA) is 68.5 Å². The van der Waals surface area contributed by atoms with E-state index in [9.17, 15) is 10.1 Å². The summed E-state index contributed by atoms with van der Waals surface area (Å²) in [5.41, 5.74) is 3.18. The van der Waals surface area contributed by atoms with Crippen LogP contribution in [0.3, 0.4) is 0 Å². The third kappa shape index (κ3) is 6.26. The maximum absolute atomic E-state index is 12.8. The van der Waals surface area contributed by atoms with Crippen molar-refractivity contribution in [2.24, 2.45) is 0 Å². The van der Waals surface area contributed by atoms with Crippen molar-refractivity contribution in [1.82, 2.24) is 0 Å². The second kappa shape index (κ2) is 12.1. The molecule has 0 radical (unpaired) electrons. The van der Waals surface area contributed by atoms with Gasteiger partial charge in [0.05, 0.1) is 25.0 Å². The molecule has 0 bridgehead atoms. The molecule has 2 atom stereocenters. The molecule has 6 heteroatoms. The normalized spacial score (nSPS) is 16.2. The van der Waals surface area contributed by atoms with Gasteiger partial charge in [-0.3, -0.25) is 4.79 Å². The Morgan fingerprint density at radius 3 is 2.53 bits per heavy atom. The van der Waals surface area contributed by atoms with Crippen LogP contribution in [0.5, 0.6) is 11.5 Å². The smallest absolute Gasteiger partial charge is 0.312 e. The van der Waals surface area contributed by atoms with Gasteiger partial charge in [0, 0.05) is 11.4 Å². The second-order valence-electron chi connectivity index (χ2n) is 9.20. The van der Waals surface area contributed by atoms with Crippen molar-refractivity contribution in [3.05, 3.63) is 94.0 Å². The van der Waals surface area contributed by atoms with Crippen LogP contribution in [-0.4, -0.2) is 18.9 Å². The predicted octanol–water partition coefficient (Wildman–Crippen LogP) is 7.52. The molecule has 3 aromatic carbocycles. The van der Waals surface area contributed by atoms with Crippen LogP contribution in [0.2, 0.25) is 5.02 Å². The van der Waals surface area contributed by atoms with Crippen molar-refractivity contribution in [2.75, 3.05) is 6.61 Å². The summed E-state index contributed by atoms with van der Waals surface area (Å²) in [6, 6.07) is 23.0. The first-order valence-corrected chi connectivity index (χ1v) is 12.7. The minimum atomic E-state index is -0.633. The number of carbonyl (C=O) groups excluding carboxylic acids is 1. The van der Waals surface area contributed by atoms with Gasteiger partial charge >= 0.3 is 5.97 Å². The van der Waals surface area contributed by atoms with Gasteiger partial charge < -0.3 is 14.2 Å². The van der Waals surface area contributed by atoms with Crippen LogP contribution >= 0.6 is 11.6 Å². The molecule has 186 valence electrons. The number of nitriles is 1. The van der Waals surface area contributed by atoms with Crippen LogP contribution in [0.15, 0.2) is 66.7 Å². The van der Waals surface area contributed by atoms with E-state index in [0.29, 0.717) is 35.1 Å². The Hall–Kier alpha value is -3.33. The number of ether oxygens (including phenoxy) is 3. The maximum atomic E-state index is 12.8. The molecule has 0 aliphatic carbocycles. The molecule has 36 heavy (non-hydrogen) atoms. The zero-order chi connectivity index (χ0) is 25.5. The fourth-order valence-corrected chi connectivity index (χ4v) is 4.89. The molecule has 0 amide bonds. The summed E-state index contributed by atoms with van der Waals surface area (Å²) in [6.07, 6.45) is 2.29. The zero-order valence-corrected chi connectivity index (χ0v) is 21.3. The SMILES string of the molecule is CC(C)c1c(CC(=O)OC2CCCCO2)ccc(Cl)c1C(C#N)c1cccc(Oc2ccccc2)c1. The number of rotatable bonds is 8. The molecule has 4 rings (SSSR count). The largest absolute Gasteiger partial charge is 0.457 e. The predicted molar refractivity (Wildman–Crippen MR) is 139 cm³/mol. The molecule has 0 spiro atoms. The molecule has 0 N–H and O–H groups in total. The van der Waals surface area contributed by atoms with Gasteiger partial charge in [-0.1, -0.05) is 61.8 Å². The average Bonchev–Trinajstić information content (AvgIpc) is 2.87. The first-order valence-electron chi connectivity index (χ1n) is 12.3. The molecule has 1 heterocycles.